The Morgan fingerprint density at radius 2 is 1.43 bits per heavy atom. The van der Waals surface area contributed by atoms with Gasteiger partial charge in [-0.15, -0.1) is 22.7 Å². The number of thiophene rings is 4. The molecular formula is C24H12N6OS4. The van der Waals surface area contributed by atoms with Crippen molar-refractivity contribution >= 4 is 85.8 Å². The summed E-state index contributed by atoms with van der Waals surface area (Å²) in [4.78, 5) is 17.1. The number of amidine groups is 2. The maximum Gasteiger partial charge on any atom is 0.350 e. The Labute approximate surface area is 216 Å². The van der Waals surface area contributed by atoms with Gasteiger partial charge in [0, 0.05) is 17.7 Å². The first-order chi connectivity index (χ1) is 17.1. The second-order valence-electron chi connectivity index (χ2n) is 8.10. The lowest BCUT2D eigenvalue weighted by molar-refractivity contribution is 0.0282. The van der Waals surface area contributed by atoms with E-state index in [4.69, 9.17) is 28.4 Å². The van der Waals surface area contributed by atoms with Crippen LogP contribution in [0.2, 0.25) is 0 Å². The molecule has 0 radical (unpaired) electrons. The average Bonchev–Trinajstić information content (AvgIpc) is 3.61. The highest BCUT2D eigenvalue weighted by atomic mass is 32.1. The van der Waals surface area contributed by atoms with Crippen molar-refractivity contribution in [2.24, 2.45) is 9.98 Å². The molecule has 0 atom stereocenters. The van der Waals surface area contributed by atoms with Crippen LogP contribution in [0.1, 0.15) is 37.7 Å². The van der Waals surface area contributed by atoms with Crippen molar-refractivity contribution in [1.82, 2.24) is 0 Å². The van der Waals surface area contributed by atoms with Gasteiger partial charge in [0.25, 0.3) is 0 Å². The van der Waals surface area contributed by atoms with E-state index in [0.717, 1.165) is 55.1 Å². The minimum absolute atomic E-state index is 0.159. The van der Waals surface area contributed by atoms with E-state index in [1.165, 1.54) is 39.5 Å². The van der Waals surface area contributed by atoms with Gasteiger partial charge in [0.05, 0.1) is 28.6 Å². The van der Waals surface area contributed by atoms with Gasteiger partial charge in [-0.2, -0.15) is 0 Å². The third-order valence-electron chi connectivity index (χ3n) is 6.13. The standard InChI is InChI=1S/C24H12N6OS4/c1-27-14(10-25)29-16-8-12-20(34-16)18-22(32-12)23-19(31-24(18)6-4-3-5-7-24)21-13(33-23)9-17(35-21)30-15(11-26)28-2/h8-9H,3-7H2. The molecule has 1 fully saturated rings. The van der Waals surface area contributed by atoms with E-state index in [1.807, 2.05) is 24.3 Å². The van der Waals surface area contributed by atoms with Gasteiger partial charge in [-0.05, 0) is 25.7 Å². The van der Waals surface area contributed by atoms with Gasteiger partial charge in [0.15, 0.2) is 5.75 Å². The van der Waals surface area contributed by atoms with Crippen LogP contribution in [0.25, 0.3) is 38.2 Å². The molecule has 7 nitrogen and oxygen atoms in total. The summed E-state index contributed by atoms with van der Waals surface area (Å²) in [5.41, 5.74) is 0.808. The monoisotopic (exact) mass is 528 g/mol. The highest BCUT2D eigenvalue weighted by Gasteiger charge is 2.46. The molecule has 0 aromatic carbocycles. The van der Waals surface area contributed by atoms with Crippen molar-refractivity contribution in [3.63, 3.8) is 0 Å². The average molecular weight is 529 g/mol. The molecule has 4 aromatic heterocycles. The summed E-state index contributed by atoms with van der Waals surface area (Å²) in [7, 11) is 0. The summed E-state index contributed by atoms with van der Waals surface area (Å²) in [5, 5.41) is 19.5. The molecule has 35 heavy (non-hydrogen) atoms. The Kier molecular flexibility index (Phi) is 5.18. The smallest absolute Gasteiger partial charge is 0.350 e. The van der Waals surface area contributed by atoms with Gasteiger partial charge in [0.1, 0.15) is 17.7 Å². The lowest BCUT2D eigenvalue weighted by Gasteiger charge is -2.40. The molecule has 1 saturated carbocycles. The molecule has 11 heteroatoms. The normalized spacial score (nSPS) is 16.7. The summed E-state index contributed by atoms with van der Waals surface area (Å²) in [6, 6.07) is 7.57. The number of hydrogen-bond donors (Lipinski definition) is 0. The molecule has 5 heterocycles. The fraction of sp³-hybridized carbons (Fsp3) is 0.250. The largest absolute Gasteiger partial charge is 0.479 e. The quantitative estimate of drug-likeness (QED) is 0.149. The number of nitrogens with zero attached hydrogens (tertiary/aromatic N) is 6. The first kappa shape index (κ1) is 21.9. The van der Waals surface area contributed by atoms with Crippen LogP contribution < -0.4 is 4.74 Å². The summed E-state index contributed by atoms with van der Waals surface area (Å²) in [5.74, 6) is 0.557. The van der Waals surface area contributed by atoms with E-state index >= 15 is 0 Å². The molecule has 2 aliphatic rings. The zero-order valence-corrected chi connectivity index (χ0v) is 21.2. The highest BCUT2D eigenvalue weighted by molar-refractivity contribution is 7.35. The number of nitriles is 2. The number of rotatable bonds is 2. The Balaban J connectivity index is 1.55. The molecule has 1 aliphatic heterocycles. The highest BCUT2D eigenvalue weighted by Crippen LogP contribution is 2.63. The molecule has 0 N–H and O–H groups in total. The number of ether oxygens (including phenoxy) is 1. The Bertz CT molecular complexity index is 1730. The minimum atomic E-state index is -0.418. The molecule has 0 saturated heterocycles. The lowest BCUT2D eigenvalue weighted by atomic mass is 9.78. The molecule has 6 rings (SSSR count). The van der Waals surface area contributed by atoms with E-state index in [0.29, 0.717) is 10.0 Å². The van der Waals surface area contributed by atoms with Crippen LogP contribution in [-0.2, 0) is 5.60 Å². The third-order valence-corrected chi connectivity index (χ3v) is 10.9. The Hall–Kier alpha value is -3.58. The van der Waals surface area contributed by atoms with Crippen LogP contribution in [0.15, 0.2) is 22.1 Å². The zero-order valence-electron chi connectivity index (χ0n) is 17.9. The SMILES string of the molecule is [C-]#[N+]C(C#N)=Nc1cc2sc3c(c2s1)OC1(CCCCC1)c1c-3sc2cc(N=C(C#N)[N+]#[C-])sc12. The van der Waals surface area contributed by atoms with Crippen LogP contribution in [0, 0.1) is 35.8 Å². The summed E-state index contributed by atoms with van der Waals surface area (Å²) in [6.07, 6.45) is 5.21. The molecule has 1 spiro atoms. The van der Waals surface area contributed by atoms with Gasteiger partial charge in [0.2, 0.25) is 10.0 Å². The van der Waals surface area contributed by atoms with Crippen molar-refractivity contribution in [2.45, 2.75) is 37.7 Å². The summed E-state index contributed by atoms with van der Waals surface area (Å²) in [6.45, 7) is 14.2. The molecule has 0 amide bonds. The molecule has 1 aliphatic carbocycles. The van der Waals surface area contributed by atoms with E-state index < -0.39 is 5.60 Å². The van der Waals surface area contributed by atoms with Gasteiger partial charge < -0.3 is 14.4 Å². The molecular weight excluding hydrogens is 517 g/mol. The first-order valence-corrected chi connectivity index (χ1v) is 13.9. The van der Waals surface area contributed by atoms with E-state index in [9.17, 15) is 0 Å². The molecule has 4 aromatic rings. The van der Waals surface area contributed by atoms with Gasteiger partial charge in [-0.3, -0.25) is 0 Å². The van der Waals surface area contributed by atoms with Crippen molar-refractivity contribution in [3.05, 3.63) is 40.5 Å². The van der Waals surface area contributed by atoms with Crippen LogP contribution in [0.4, 0.5) is 10.0 Å². The first-order valence-electron chi connectivity index (χ1n) is 10.6. The third kappa shape index (κ3) is 3.37. The fourth-order valence-corrected chi connectivity index (χ4v) is 9.92. The van der Waals surface area contributed by atoms with Crippen LogP contribution >= 0.6 is 45.3 Å². The van der Waals surface area contributed by atoms with Crippen LogP contribution in [-0.4, -0.2) is 11.7 Å². The van der Waals surface area contributed by atoms with Gasteiger partial charge in [-0.1, -0.05) is 52.2 Å². The van der Waals surface area contributed by atoms with Crippen LogP contribution in [0.5, 0.6) is 5.75 Å². The lowest BCUT2D eigenvalue weighted by Crippen LogP contribution is -2.37. The predicted octanol–water partition coefficient (Wildman–Crippen LogP) is 8.40. The molecule has 168 valence electrons. The number of fused-ring (bicyclic) bond motifs is 8. The zero-order chi connectivity index (χ0) is 24.2. The van der Waals surface area contributed by atoms with Crippen molar-refractivity contribution in [1.29, 1.82) is 10.5 Å². The fourth-order valence-electron chi connectivity index (χ4n) is 4.74. The van der Waals surface area contributed by atoms with Crippen LogP contribution in [0.3, 0.4) is 0 Å². The molecule has 0 unspecified atom stereocenters. The number of aliphatic imine (C=N–C) groups is 2. The predicted molar refractivity (Wildman–Crippen MR) is 142 cm³/mol. The summed E-state index contributed by atoms with van der Waals surface area (Å²) >= 11 is 6.35. The van der Waals surface area contributed by atoms with E-state index in [1.54, 1.807) is 22.7 Å². The maximum absolute atomic E-state index is 9.11. The van der Waals surface area contributed by atoms with Gasteiger partial charge >= 0.3 is 11.7 Å². The second-order valence-corrected chi connectivity index (χ2v) is 12.3. The van der Waals surface area contributed by atoms with E-state index in [2.05, 4.69) is 19.7 Å². The Morgan fingerprint density at radius 1 is 0.857 bits per heavy atom. The maximum atomic E-state index is 9.11. The Morgan fingerprint density at radius 3 is 2.03 bits per heavy atom. The molecule has 0 bridgehead atoms. The van der Waals surface area contributed by atoms with E-state index in [-0.39, 0.29) is 11.7 Å². The van der Waals surface area contributed by atoms with Crippen molar-refractivity contribution in [2.75, 3.05) is 0 Å². The van der Waals surface area contributed by atoms with Crippen molar-refractivity contribution in [3.8, 4) is 27.6 Å². The number of hydrogen-bond acceptors (Lipinski definition) is 9. The second kappa shape index (κ2) is 8.27. The minimum Gasteiger partial charge on any atom is -0.479 e. The van der Waals surface area contributed by atoms with Crippen molar-refractivity contribution < 1.29 is 4.74 Å². The summed E-state index contributed by atoms with van der Waals surface area (Å²) < 4.78 is 11.2. The topological polar surface area (TPSA) is 90.2 Å². The van der Waals surface area contributed by atoms with Gasteiger partial charge in [-0.25, -0.2) is 10.5 Å².